The van der Waals surface area contributed by atoms with Crippen LogP contribution in [0.1, 0.15) is 18.9 Å². The van der Waals surface area contributed by atoms with Crippen LogP contribution in [0.2, 0.25) is 0 Å². The van der Waals surface area contributed by atoms with Crippen LogP contribution < -0.4 is 20.1 Å². The van der Waals surface area contributed by atoms with Crippen LogP contribution >= 0.6 is 0 Å². The van der Waals surface area contributed by atoms with E-state index in [9.17, 15) is 0 Å². The van der Waals surface area contributed by atoms with Gasteiger partial charge in [0.15, 0.2) is 11.5 Å². The van der Waals surface area contributed by atoms with Gasteiger partial charge in [-0.25, -0.2) is 0 Å². The SMILES string of the molecule is COc1ccc(CCNC(C)CC2COCCN2)cc1OC. The standard InChI is InChI=1S/C17H28N2O3/c1-13(10-15-12-22-9-8-19-15)18-7-6-14-4-5-16(20-2)17(11-14)21-3/h4-5,11,13,15,18-19H,6-10,12H2,1-3H3. The Morgan fingerprint density at radius 2 is 2.14 bits per heavy atom. The van der Waals surface area contributed by atoms with E-state index < -0.39 is 0 Å². The molecule has 1 heterocycles. The van der Waals surface area contributed by atoms with E-state index in [1.807, 2.05) is 12.1 Å². The Morgan fingerprint density at radius 3 is 2.82 bits per heavy atom. The lowest BCUT2D eigenvalue weighted by molar-refractivity contribution is 0.0713. The second kappa shape index (κ2) is 8.98. The molecule has 22 heavy (non-hydrogen) atoms. The predicted octanol–water partition coefficient (Wildman–Crippen LogP) is 1.60. The summed E-state index contributed by atoms with van der Waals surface area (Å²) in [5.41, 5.74) is 1.25. The Bertz CT molecular complexity index is 448. The molecule has 1 saturated heterocycles. The van der Waals surface area contributed by atoms with E-state index in [2.05, 4.69) is 23.6 Å². The van der Waals surface area contributed by atoms with Crippen molar-refractivity contribution in [3.05, 3.63) is 23.8 Å². The van der Waals surface area contributed by atoms with Crippen molar-refractivity contribution in [3.8, 4) is 11.5 Å². The van der Waals surface area contributed by atoms with Gasteiger partial charge in [0.1, 0.15) is 0 Å². The number of benzene rings is 1. The molecule has 2 atom stereocenters. The number of ether oxygens (including phenoxy) is 3. The largest absolute Gasteiger partial charge is 0.493 e. The average molecular weight is 308 g/mol. The maximum atomic E-state index is 5.49. The van der Waals surface area contributed by atoms with Crippen molar-refractivity contribution in [1.82, 2.24) is 10.6 Å². The maximum absolute atomic E-state index is 5.49. The molecule has 1 aliphatic heterocycles. The van der Waals surface area contributed by atoms with E-state index in [0.29, 0.717) is 12.1 Å². The van der Waals surface area contributed by atoms with Crippen LogP contribution in [0.25, 0.3) is 0 Å². The number of nitrogens with one attached hydrogen (secondary N) is 2. The molecule has 2 rings (SSSR count). The van der Waals surface area contributed by atoms with Crippen molar-refractivity contribution in [2.24, 2.45) is 0 Å². The Morgan fingerprint density at radius 1 is 1.32 bits per heavy atom. The predicted molar refractivity (Wildman–Crippen MR) is 87.9 cm³/mol. The van der Waals surface area contributed by atoms with Crippen molar-refractivity contribution >= 4 is 0 Å². The Hall–Kier alpha value is -1.30. The first-order valence-corrected chi connectivity index (χ1v) is 7.98. The smallest absolute Gasteiger partial charge is 0.160 e. The molecule has 1 fully saturated rings. The first-order valence-electron chi connectivity index (χ1n) is 7.98. The molecule has 0 aliphatic carbocycles. The number of morpholine rings is 1. The van der Waals surface area contributed by atoms with Gasteiger partial charge in [0.2, 0.25) is 0 Å². The van der Waals surface area contributed by atoms with Crippen molar-refractivity contribution < 1.29 is 14.2 Å². The fraction of sp³-hybridized carbons (Fsp3) is 0.647. The zero-order valence-corrected chi connectivity index (χ0v) is 13.9. The molecule has 0 saturated carbocycles. The van der Waals surface area contributed by atoms with E-state index in [-0.39, 0.29) is 0 Å². The summed E-state index contributed by atoms with van der Waals surface area (Å²) in [6, 6.07) is 7.03. The van der Waals surface area contributed by atoms with Gasteiger partial charge in [-0.15, -0.1) is 0 Å². The van der Waals surface area contributed by atoms with Gasteiger partial charge >= 0.3 is 0 Å². The van der Waals surface area contributed by atoms with Gasteiger partial charge in [-0.05, 0) is 44.0 Å². The van der Waals surface area contributed by atoms with Gasteiger partial charge in [0, 0.05) is 18.6 Å². The van der Waals surface area contributed by atoms with E-state index >= 15 is 0 Å². The summed E-state index contributed by atoms with van der Waals surface area (Å²) < 4.78 is 16.1. The molecule has 5 nitrogen and oxygen atoms in total. The lowest BCUT2D eigenvalue weighted by Gasteiger charge is -2.26. The third-order valence-corrected chi connectivity index (χ3v) is 3.99. The summed E-state index contributed by atoms with van der Waals surface area (Å²) in [4.78, 5) is 0. The highest BCUT2D eigenvalue weighted by atomic mass is 16.5. The molecule has 1 aromatic rings. The van der Waals surface area contributed by atoms with Gasteiger partial charge in [0.05, 0.1) is 27.4 Å². The summed E-state index contributed by atoms with van der Waals surface area (Å²) in [5, 5.41) is 7.07. The van der Waals surface area contributed by atoms with Crippen LogP contribution in [-0.2, 0) is 11.2 Å². The molecule has 0 amide bonds. The van der Waals surface area contributed by atoms with E-state index in [1.54, 1.807) is 14.2 Å². The maximum Gasteiger partial charge on any atom is 0.160 e. The first kappa shape index (κ1) is 17.1. The average Bonchev–Trinajstić information content (AvgIpc) is 2.55. The minimum atomic E-state index is 0.470. The molecular formula is C17H28N2O3. The quantitative estimate of drug-likeness (QED) is 0.764. The van der Waals surface area contributed by atoms with Gasteiger partial charge < -0.3 is 24.8 Å². The molecule has 2 N–H and O–H groups in total. The van der Waals surface area contributed by atoms with Crippen molar-refractivity contribution in [2.75, 3.05) is 40.5 Å². The van der Waals surface area contributed by atoms with Gasteiger partial charge in [-0.3, -0.25) is 0 Å². The molecule has 1 aromatic carbocycles. The highest BCUT2D eigenvalue weighted by Crippen LogP contribution is 2.27. The summed E-state index contributed by atoms with van der Waals surface area (Å²) in [6.07, 6.45) is 2.06. The summed E-state index contributed by atoms with van der Waals surface area (Å²) in [5.74, 6) is 1.56. The molecule has 5 heteroatoms. The summed E-state index contributed by atoms with van der Waals surface area (Å²) in [7, 11) is 3.32. The second-order valence-electron chi connectivity index (χ2n) is 5.76. The second-order valence-corrected chi connectivity index (χ2v) is 5.76. The van der Waals surface area contributed by atoms with Crippen molar-refractivity contribution in [1.29, 1.82) is 0 Å². The Balaban J connectivity index is 1.73. The molecule has 0 aromatic heterocycles. The van der Waals surface area contributed by atoms with E-state index in [1.165, 1.54) is 5.56 Å². The van der Waals surface area contributed by atoms with Crippen LogP contribution in [0.5, 0.6) is 11.5 Å². The fourth-order valence-corrected chi connectivity index (χ4v) is 2.78. The number of hydrogen-bond acceptors (Lipinski definition) is 5. The third kappa shape index (κ3) is 5.16. The number of rotatable bonds is 8. The van der Waals surface area contributed by atoms with Crippen LogP contribution in [0.15, 0.2) is 18.2 Å². The Labute approximate surface area is 133 Å². The molecule has 124 valence electrons. The van der Waals surface area contributed by atoms with Crippen LogP contribution in [0.3, 0.4) is 0 Å². The van der Waals surface area contributed by atoms with Gasteiger partial charge in [-0.1, -0.05) is 6.07 Å². The van der Waals surface area contributed by atoms with Crippen molar-refractivity contribution in [3.63, 3.8) is 0 Å². The minimum Gasteiger partial charge on any atom is -0.493 e. The minimum absolute atomic E-state index is 0.470. The topological polar surface area (TPSA) is 51.8 Å². The van der Waals surface area contributed by atoms with Gasteiger partial charge in [0.25, 0.3) is 0 Å². The molecule has 0 radical (unpaired) electrons. The first-order chi connectivity index (χ1) is 10.7. The van der Waals surface area contributed by atoms with Gasteiger partial charge in [-0.2, -0.15) is 0 Å². The molecule has 1 aliphatic rings. The molecular weight excluding hydrogens is 280 g/mol. The fourth-order valence-electron chi connectivity index (χ4n) is 2.78. The van der Waals surface area contributed by atoms with Crippen LogP contribution in [0, 0.1) is 0 Å². The zero-order valence-electron chi connectivity index (χ0n) is 13.9. The summed E-state index contributed by atoms with van der Waals surface area (Å²) in [6.45, 7) is 5.79. The Kier molecular flexibility index (Phi) is 6.96. The van der Waals surface area contributed by atoms with E-state index in [4.69, 9.17) is 14.2 Å². The number of methoxy groups -OCH3 is 2. The molecule has 0 bridgehead atoms. The number of hydrogen-bond donors (Lipinski definition) is 2. The normalized spacial score (nSPS) is 19.7. The highest BCUT2D eigenvalue weighted by molar-refractivity contribution is 5.42. The lowest BCUT2D eigenvalue weighted by Crippen LogP contribution is -2.45. The lowest BCUT2D eigenvalue weighted by atomic mass is 10.1. The van der Waals surface area contributed by atoms with Crippen LogP contribution in [0.4, 0.5) is 0 Å². The van der Waals surface area contributed by atoms with Crippen molar-refractivity contribution in [2.45, 2.75) is 31.8 Å². The zero-order chi connectivity index (χ0) is 15.8. The third-order valence-electron chi connectivity index (χ3n) is 3.99. The molecule has 2 unspecified atom stereocenters. The summed E-state index contributed by atoms with van der Waals surface area (Å²) >= 11 is 0. The highest BCUT2D eigenvalue weighted by Gasteiger charge is 2.15. The molecule has 0 spiro atoms. The van der Waals surface area contributed by atoms with Crippen LogP contribution in [-0.4, -0.2) is 52.6 Å². The van der Waals surface area contributed by atoms with E-state index in [0.717, 1.165) is 50.6 Å². The monoisotopic (exact) mass is 308 g/mol.